The van der Waals surface area contributed by atoms with E-state index >= 15 is 0 Å². The van der Waals surface area contributed by atoms with E-state index in [4.69, 9.17) is 9.47 Å². The first-order valence-corrected chi connectivity index (χ1v) is 7.05. The van der Waals surface area contributed by atoms with Crippen molar-refractivity contribution in [2.45, 2.75) is 13.3 Å². The number of amides is 1. The maximum atomic E-state index is 12.0. The van der Waals surface area contributed by atoms with Crippen LogP contribution in [0.25, 0.3) is 0 Å². The van der Waals surface area contributed by atoms with Crippen molar-refractivity contribution < 1.29 is 14.3 Å². The molecule has 0 atom stereocenters. The number of methoxy groups -OCH3 is 2. The molecule has 0 spiro atoms. The van der Waals surface area contributed by atoms with E-state index in [0.717, 1.165) is 17.5 Å². The highest BCUT2D eigenvalue weighted by Gasteiger charge is 2.09. The highest BCUT2D eigenvalue weighted by Crippen LogP contribution is 2.30. The zero-order valence-electron chi connectivity index (χ0n) is 13.1. The van der Waals surface area contributed by atoms with Crippen molar-refractivity contribution in [2.75, 3.05) is 20.8 Å². The predicted molar refractivity (Wildman–Crippen MR) is 84.6 cm³/mol. The van der Waals surface area contributed by atoms with Gasteiger partial charge in [-0.15, -0.1) is 0 Å². The highest BCUT2D eigenvalue weighted by atomic mass is 16.5. The van der Waals surface area contributed by atoms with Gasteiger partial charge in [0.2, 0.25) is 0 Å². The minimum atomic E-state index is -0.0967. The number of carbonyl (C=O) groups is 1. The topological polar surface area (TPSA) is 60.5 Å². The zero-order chi connectivity index (χ0) is 15.9. The lowest BCUT2D eigenvalue weighted by atomic mass is 10.0. The van der Waals surface area contributed by atoms with Crippen LogP contribution in [0.15, 0.2) is 36.7 Å². The Balaban J connectivity index is 1.98. The molecule has 1 aromatic heterocycles. The van der Waals surface area contributed by atoms with Crippen molar-refractivity contribution in [3.8, 4) is 11.5 Å². The summed E-state index contributed by atoms with van der Waals surface area (Å²) in [5.74, 6) is 1.31. The maximum absolute atomic E-state index is 12.0. The largest absolute Gasteiger partial charge is 0.493 e. The van der Waals surface area contributed by atoms with Gasteiger partial charge in [-0.05, 0) is 48.7 Å². The molecule has 0 bridgehead atoms. The van der Waals surface area contributed by atoms with E-state index in [9.17, 15) is 4.79 Å². The molecule has 0 saturated heterocycles. The average Bonchev–Trinajstić information content (AvgIpc) is 2.56. The number of carbonyl (C=O) groups excluding carboxylic acids is 1. The summed E-state index contributed by atoms with van der Waals surface area (Å²) in [4.78, 5) is 15.9. The van der Waals surface area contributed by atoms with Crippen LogP contribution in [0.2, 0.25) is 0 Å². The lowest BCUT2D eigenvalue weighted by Crippen LogP contribution is -2.25. The van der Waals surface area contributed by atoms with Gasteiger partial charge in [-0.1, -0.05) is 0 Å². The van der Waals surface area contributed by atoms with Gasteiger partial charge in [0.05, 0.1) is 14.2 Å². The van der Waals surface area contributed by atoms with E-state index in [1.54, 1.807) is 38.7 Å². The molecule has 1 heterocycles. The number of nitrogens with zero attached hydrogens (tertiary/aromatic N) is 1. The molecule has 0 saturated carbocycles. The van der Waals surface area contributed by atoms with Crippen LogP contribution in [-0.4, -0.2) is 31.7 Å². The van der Waals surface area contributed by atoms with E-state index in [1.165, 1.54) is 0 Å². The SMILES string of the molecule is COc1cc(C)c(CCNC(=O)c2ccncc2)cc1OC. The highest BCUT2D eigenvalue weighted by molar-refractivity contribution is 5.93. The van der Waals surface area contributed by atoms with Crippen LogP contribution in [0.1, 0.15) is 21.5 Å². The van der Waals surface area contributed by atoms with E-state index in [-0.39, 0.29) is 5.91 Å². The van der Waals surface area contributed by atoms with Gasteiger partial charge in [0.1, 0.15) is 0 Å². The Morgan fingerprint density at radius 2 is 1.77 bits per heavy atom. The Hall–Kier alpha value is -2.56. The van der Waals surface area contributed by atoms with Gasteiger partial charge < -0.3 is 14.8 Å². The second kappa shape index (κ2) is 7.45. The molecule has 0 aliphatic rings. The molecule has 0 fully saturated rings. The van der Waals surface area contributed by atoms with Crippen molar-refractivity contribution in [1.29, 1.82) is 0 Å². The molecule has 0 aliphatic heterocycles. The van der Waals surface area contributed by atoms with Crippen LogP contribution >= 0.6 is 0 Å². The molecule has 0 unspecified atom stereocenters. The minimum absolute atomic E-state index is 0.0967. The van der Waals surface area contributed by atoms with Crippen molar-refractivity contribution in [2.24, 2.45) is 0 Å². The molecular weight excluding hydrogens is 280 g/mol. The fraction of sp³-hybridized carbons (Fsp3) is 0.294. The lowest BCUT2D eigenvalue weighted by molar-refractivity contribution is 0.0954. The Labute approximate surface area is 130 Å². The average molecular weight is 300 g/mol. The fourth-order valence-electron chi connectivity index (χ4n) is 2.21. The molecule has 2 rings (SSSR count). The Kier molecular flexibility index (Phi) is 5.36. The summed E-state index contributed by atoms with van der Waals surface area (Å²) < 4.78 is 10.6. The van der Waals surface area contributed by atoms with Gasteiger partial charge in [0.25, 0.3) is 5.91 Å². The quantitative estimate of drug-likeness (QED) is 0.890. The molecular formula is C17H20N2O3. The van der Waals surface area contributed by atoms with E-state index in [1.807, 2.05) is 19.1 Å². The smallest absolute Gasteiger partial charge is 0.251 e. The lowest BCUT2D eigenvalue weighted by Gasteiger charge is -2.13. The van der Waals surface area contributed by atoms with Gasteiger partial charge in [-0.2, -0.15) is 0 Å². The van der Waals surface area contributed by atoms with Crippen LogP contribution < -0.4 is 14.8 Å². The van der Waals surface area contributed by atoms with E-state index in [0.29, 0.717) is 23.6 Å². The molecule has 116 valence electrons. The Morgan fingerprint density at radius 1 is 1.14 bits per heavy atom. The van der Waals surface area contributed by atoms with Gasteiger partial charge in [0.15, 0.2) is 11.5 Å². The number of rotatable bonds is 6. The summed E-state index contributed by atoms with van der Waals surface area (Å²) in [6.45, 7) is 2.57. The zero-order valence-corrected chi connectivity index (χ0v) is 13.1. The Morgan fingerprint density at radius 3 is 2.41 bits per heavy atom. The fourth-order valence-corrected chi connectivity index (χ4v) is 2.21. The van der Waals surface area contributed by atoms with Gasteiger partial charge in [-0.3, -0.25) is 9.78 Å². The van der Waals surface area contributed by atoms with Crippen molar-refractivity contribution in [1.82, 2.24) is 10.3 Å². The second-order valence-electron chi connectivity index (χ2n) is 4.88. The molecule has 0 radical (unpaired) electrons. The van der Waals surface area contributed by atoms with Crippen LogP contribution in [0.4, 0.5) is 0 Å². The molecule has 5 heteroatoms. The normalized spacial score (nSPS) is 10.1. The summed E-state index contributed by atoms with van der Waals surface area (Å²) >= 11 is 0. The van der Waals surface area contributed by atoms with Gasteiger partial charge in [0, 0.05) is 24.5 Å². The van der Waals surface area contributed by atoms with Gasteiger partial charge in [-0.25, -0.2) is 0 Å². The van der Waals surface area contributed by atoms with Crippen molar-refractivity contribution in [3.05, 3.63) is 53.3 Å². The molecule has 0 aliphatic carbocycles. The van der Waals surface area contributed by atoms with Gasteiger partial charge >= 0.3 is 0 Å². The predicted octanol–water partition coefficient (Wildman–Crippen LogP) is 2.38. The number of aromatic nitrogens is 1. The van der Waals surface area contributed by atoms with Crippen molar-refractivity contribution >= 4 is 5.91 Å². The minimum Gasteiger partial charge on any atom is -0.493 e. The third kappa shape index (κ3) is 3.75. The van der Waals surface area contributed by atoms with E-state index < -0.39 is 0 Å². The number of hydrogen-bond donors (Lipinski definition) is 1. The second-order valence-corrected chi connectivity index (χ2v) is 4.88. The van der Waals surface area contributed by atoms with Crippen molar-refractivity contribution in [3.63, 3.8) is 0 Å². The maximum Gasteiger partial charge on any atom is 0.251 e. The first kappa shape index (κ1) is 15.8. The summed E-state index contributed by atoms with van der Waals surface area (Å²) in [7, 11) is 3.23. The third-order valence-corrected chi connectivity index (χ3v) is 3.46. The number of aryl methyl sites for hydroxylation is 1. The molecule has 1 N–H and O–H groups in total. The van der Waals surface area contributed by atoms with Crippen LogP contribution in [0.3, 0.4) is 0 Å². The molecule has 1 amide bonds. The molecule has 22 heavy (non-hydrogen) atoms. The summed E-state index contributed by atoms with van der Waals surface area (Å²) in [6.07, 6.45) is 3.93. The monoisotopic (exact) mass is 300 g/mol. The number of pyridine rings is 1. The summed E-state index contributed by atoms with van der Waals surface area (Å²) in [5.41, 5.74) is 2.84. The molecule has 5 nitrogen and oxygen atoms in total. The number of benzene rings is 1. The molecule has 1 aromatic carbocycles. The third-order valence-electron chi connectivity index (χ3n) is 3.46. The standard InChI is InChI=1S/C17H20N2O3/c1-12-10-15(21-2)16(22-3)11-14(12)6-9-19-17(20)13-4-7-18-8-5-13/h4-5,7-8,10-11H,6,9H2,1-3H3,(H,19,20). The summed E-state index contributed by atoms with van der Waals surface area (Å²) in [6, 6.07) is 7.28. The number of hydrogen-bond acceptors (Lipinski definition) is 4. The van der Waals surface area contributed by atoms with Crippen LogP contribution in [-0.2, 0) is 6.42 Å². The number of nitrogens with one attached hydrogen (secondary N) is 1. The number of ether oxygens (including phenoxy) is 2. The Bertz CT molecular complexity index is 642. The van der Waals surface area contributed by atoms with Crippen LogP contribution in [0.5, 0.6) is 11.5 Å². The first-order chi connectivity index (χ1) is 10.7. The molecule has 2 aromatic rings. The van der Waals surface area contributed by atoms with Crippen LogP contribution in [0, 0.1) is 6.92 Å². The summed E-state index contributed by atoms with van der Waals surface area (Å²) in [5, 5.41) is 2.90. The first-order valence-electron chi connectivity index (χ1n) is 7.05. The van der Waals surface area contributed by atoms with E-state index in [2.05, 4.69) is 10.3 Å².